The lowest BCUT2D eigenvalue weighted by Crippen LogP contribution is -2.41. The third-order valence-corrected chi connectivity index (χ3v) is 7.24. The van der Waals surface area contributed by atoms with Crippen molar-refractivity contribution in [2.45, 2.75) is 12.3 Å². The first kappa shape index (κ1) is 23.7. The van der Waals surface area contributed by atoms with Gasteiger partial charge in [-0.05, 0) is 47.5 Å². The molecule has 10 heteroatoms. The van der Waals surface area contributed by atoms with Crippen LogP contribution >= 0.6 is 0 Å². The Morgan fingerprint density at radius 1 is 0.882 bits per heavy atom. The quantitative estimate of drug-likeness (QED) is 0.509. The topological polar surface area (TPSA) is 118 Å². The summed E-state index contributed by atoms with van der Waals surface area (Å²) in [6, 6.07) is 16.8. The van der Waals surface area contributed by atoms with Gasteiger partial charge in [0.15, 0.2) is 5.76 Å². The number of morpholine rings is 1. The fourth-order valence-electron chi connectivity index (χ4n) is 3.57. The van der Waals surface area contributed by atoms with Gasteiger partial charge >= 0.3 is 0 Å². The first-order valence-corrected chi connectivity index (χ1v) is 12.4. The van der Waals surface area contributed by atoms with Crippen LogP contribution in [0.5, 0.6) is 0 Å². The molecule has 0 atom stereocenters. The molecule has 0 spiro atoms. The Hall–Kier alpha value is -3.47. The molecule has 4 rings (SSSR count). The molecule has 9 nitrogen and oxygen atoms in total. The van der Waals surface area contributed by atoms with Crippen molar-refractivity contribution in [2.24, 2.45) is 0 Å². The molecule has 0 radical (unpaired) electrons. The van der Waals surface area contributed by atoms with Crippen LogP contribution in [-0.2, 0) is 27.1 Å². The van der Waals surface area contributed by atoms with Crippen LogP contribution in [0.4, 0.5) is 5.69 Å². The molecule has 3 aromatic rings. The summed E-state index contributed by atoms with van der Waals surface area (Å²) in [5, 5.41) is 5.53. The van der Waals surface area contributed by atoms with Crippen molar-refractivity contribution in [1.82, 2.24) is 9.62 Å². The Bertz CT molecular complexity index is 1230. The zero-order valence-electron chi connectivity index (χ0n) is 18.4. The van der Waals surface area contributed by atoms with E-state index in [9.17, 15) is 18.0 Å². The summed E-state index contributed by atoms with van der Waals surface area (Å²) in [4.78, 5) is 24.7. The lowest BCUT2D eigenvalue weighted by atomic mass is 10.1. The summed E-state index contributed by atoms with van der Waals surface area (Å²) in [6.45, 7) is 1.66. The van der Waals surface area contributed by atoms with E-state index in [1.165, 1.54) is 10.6 Å². The standard InChI is InChI=1S/C24H25N3O6S/c28-23(18-7-9-21(10-8-18)26-24(29)22-6-3-13-33-22)25-16-19-4-1-2-5-20(19)17-34(30,31)27-11-14-32-15-12-27/h1-10,13H,11-12,14-17H2,(H,25,28)(H,26,29). The minimum atomic E-state index is -3.48. The van der Waals surface area contributed by atoms with Gasteiger partial charge in [0, 0.05) is 30.9 Å². The number of nitrogens with zero attached hydrogens (tertiary/aromatic N) is 1. The van der Waals surface area contributed by atoms with Gasteiger partial charge in [-0.1, -0.05) is 24.3 Å². The van der Waals surface area contributed by atoms with Gasteiger partial charge in [0.25, 0.3) is 11.8 Å². The fourth-order valence-corrected chi connectivity index (χ4v) is 5.13. The molecule has 0 saturated carbocycles. The number of anilines is 1. The van der Waals surface area contributed by atoms with Gasteiger partial charge < -0.3 is 19.8 Å². The Kier molecular flexibility index (Phi) is 7.41. The summed E-state index contributed by atoms with van der Waals surface area (Å²) in [5.74, 6) is -0.639. The molecule has 2 N–H and O–H groups in total. The lowest BCUT2D eigenvalue weighted by molar-refractivity contribution is 0.0729. The van der Waals surface area contributed by atoms with Gasteiger partial charge in [0.05, 0.1) is 25.2 Å². The van der Waals surface area contributed by atoms with Gasteiger partial charge in [-0.3, -0.25) is 9.59 Å². The second-order valence-corrected chi connectivity index (χ2v) is 9.70. The molecule has 0 bridgehead atoms. The summed E-state index contributed by atoms with van der Waals surface area (Å²) in [5.41, 5.74) is 2.31. The van der Waals surface area contributed by atoms with Gasteiger partial charge in [0.2, 0.25) is 10.0 Å². The maximum absolute atomic E-state index is 12.8. The normalized spacial score (nSPS) is 14.5. The summed E-state index contributed by atoms with van der Waals surface area (Å²) in [6.07, 6.45) is 1.42. The van der Waals surface area contributed by atoms with E-state index in [0.717, 1.165) is 5.56 Å². The van der Waals surface area contributed by atoms with E-state index in [1.807, 2.05) is 6.07 Å². The van der Waals surface area contributed by atoms with Crippen LogP contribution in [0.25, 0.3) is 0 Å². The number of ether oxygens (including phenoxy) is 1. The minimum absolute atomic E-state index is 0.136. The molecule has 0 aliphatic carbocycles. The number of amides is 2. The van der Waals surface area contributed by atoms with Crippen LogP contribution in [0.1, 0.15) is 32.0 Å². The van der Waals surface area contributed by atoms with E-state index < -0.39 is 10.0 Å². The van der Waals surface area contributed by atoms with Crippen molar-refractivity contribution in [1.29, 1.82) is 0 Å². The molecule has 1 aromatic heterocycles. The molecule has 2 amide bonds. The fraction of sp³-hybridized carbons (Fsp3) is 0.250. The largest absolute Gasteiger partial charge is 0.459 e. The molecule has 1 saturated heterocycles. The van der Waals surface area contributed by atoms with E-state index in [4.69, 9.17) is 9.15 Å². The molecule has 1 aliphatic rings. The number of carbonyl (C=O) groups excluding carboxylic acids is 2. The molecular formula is C24H25N3O6S. The predicted molar refractivity (Wildman–Crippen MR) is 126 cm³/mol. The van der Waals surface area contributed by atoms with Crippen molar-refractivity contribution in [3.63, 3.8) is 0 Å². The number of hydrogen-bond donors (Lipinski definition) is 2. The smallest absolute Gasteiger partial charge is 0.291 e. The lowest BCUT2D eigenvalue weighted by Gasteiger charge is -2.26. The Labute approximate surface area is 197 Å². The third-order valence-electron chi connectivity index (χ3n) is 5.41. The Balaban J connectivity index is 1.36. The number of nitrogens with one attached hydrogen (secondary N) is 2. The van der Waals surface area contributed by atoms with Crippen LogP contribution in [-0.4, -0.2) is 50.8 Å². The average Bonchev–Trinajstić information content (AvgIpc) is 3.39. The highest BCUT2D eigenvalue weighted by Crippen LogP contribution is 2.17. The number of rotatable bonds is 8. The number of carbonyl (C=O) groups is 2. The average molecular weight is 484 g/mol. The van der Waals surface area contributed by atoms with Crippen molar-refractivity contribution < 1.29 is 27.2 Å². The number of sulfonamides is 1. The van der Waals surface area contributed by atoms with Gasteiger partial charge in [-0.2, -0.15) is 4.31 Å². The van der Waals surface area contributed by atoms with Gasteiger partial charge in [-0.15, -0.1) is 0 Å². The third kappa shape index (κ3) is 5.90. The first-order valence-electron chi connectivity index (χ1n) is 10.8. The highest BCUT2D eigenvalue weighted by atomic mass is 32.2. The number of benzene rings is 2. The van der Waals surface area contributed by atoms with E-state index in [2.05, 4.69) is 10.6 Å². The maximum atomic E-state index is 12.8. The highest BCUT2D eigenvalue weighted by Gasteiger charge is 2.25. The van der Waals surface area contributed by atoms with E-state index in [0.29, 0.717) is 43.1 Å². The summed E-state index contributed by atoms with van der Waals surface area (Å²) in [7, 11) is -3.48. The molecule has 0 unspecified atom stereocenters. The first-order chi connectivity index (χ1) is 16.4. The van der Waals surface area contributed by atoms with E-state index >= 15 is 0 Å². The number of hydrogen-bond acceptors (Lipinski definition) is 6. The van der Waals surface area contributed by atoms with E-state index in [-0.39, 0.29) is 29.9 Å². The monoisotopic (exact) mass is 483 g/mol. The number of furan rings is 1. The molecule has 178 valence electrons. The molecule has 1 fully saturated rings. The second kappa shape index (κ2) is 10.6. The van der Waals surface area contributed by atoms with E-state index in [1.54, 1.807) is 54.6 Å². The molecule has 2 heterocycles. The zero-order valence-corrected chi connectivity index (χ0v) is 19.2. The highest BCUT2D eigenvalue weighted by molar-refractivity contribution is 7.88. The minimum Gasteiger partial charge on any atom is -0.459 e. The predicted octanol–water partition coefficient (Wildman–Crippen LogP) is 2.62. The summed E-state index contributed by atoms with van der Waals surface area (Å²) >= 11 is 0. The van der Waals surface area contributed by atoms with Crippen molar-refractivity contribution >= 4 is 27.5 Å². The van der Waals surface area contributed by atoms with Gasteiger partial charge in [0.1, 0.15) is 0 Å². The molecule has 34 heavy (non-hydrogen) atoms. The van der Waals surface area contributed by atoms with Crippen molar-refractivity contribution in [2.75, 3.05) is 31.6 Å². The van der Waals surface area contributed by atoms with Crippen LogP contribution in [0, 0.1) is 0 Å². The van der Waals surface area contributed by atoms with Crippen molar-refractivity contribution in [3.8, 4) is 0 Å². The maximum Gasteiger partial charge on any atom is 0.291 e. The summed E-state index contributed by atoms with van der Waals surface area (Å²) < 4.78 is 37.3. The van der Waals surface area contributed by atoms with Crippen molar-refractivity contribution in [3.05, 3.63) is 89.4 Å². The second-order valence-electron chi connectivity index (χ2n) is 7.73. The van der Waals surface area contributed by atoms with Crippen LogP contribution < -0.4 is 10.6 Å². The molecular weight excluding hydrogens is 458 g/mol. The van der Waals surface area contributed by atoms with Gasteiger partial charge in [-0.25, -0.2) is 8.42 Å². The molecule has 2 aromatic carbocycles. The van der Waals surface area contributed by atoms with Crippen LogP contribution in [0.2, 0.25) is 0 Å². The van der Waals surface area contributed by atoms with Crippen LogP contribution in [0.15, 0.2) is 71.3 Å². The van der Waals surface area contributed by atoms with Crippen LogP contribution in [0.3, 0.4) is 0 Å². The zero-order chi connectivity index (χ0) is 24.0. The Morgan fingerprint density at radius 2 is 1.59 bits per heavy atom. The SMILES string of the molecule is O=C(NCc1ccccc1CS(=O)(=O)N1CCOCC1)c1ccc(NC(=O)c2ccco2)cc1. The molecule has 1 aliphatic heterocycles. The Morgan fingerprint density at radius 3 is 2.26 bits per heavy atom.